The summed E-state index contributed by atoms with van der Waals surface area (Å²) in [7, 11) is 1.67. The third kappa shape index (κ3) is 4.04. The van der Waals surface area contributed by atoms with Gasteiger partial charge in [-0.25, -0.2) is 5.06 Å². The van der Waals surface area contributed by atoms with Crippen molar-refractivity contribution in [3.8, 4) is 0 Å². The van der Waals surface area contributed by atoms with Crippen molar-refractivity contribution in [2.45, 2.75) is 26.9 Å². The molecule has 0 atom stereocenters. The molecule has 0 aliphatic heterocycles. The molecule has 1 rings (SSSR count). The van der Waals surface area contributed by atoms with Gasteiger partial charge in [-0.2, -0.15) is 15.0 Å². The minimum atomic E-state index is -0.0164. The first-order valence-electron chi connectivity index (χ1n) is 5.52. The SMILES string of the molecule is CCNc1nc(N=[N+]=[N-])nc(N(C)OC(C)C)n1. The van der Waals surface area contributed by atoms with Gasteiger partial charge < -0.3 is 5.32 Å². The normalized spacial score (nSPS) is 10.1. The lowest BCUT2D eigenvalue weighted by Crippen LogP contribution is -2.24. The molecule has 9 heteroatoms. The van der Waals surface area contributed by atoms with Gasteiger partial charge in [-0.1, -0.05) is 0 Å². The van der Waals surface area contributed by atoms with Crippen LogP contribution in [0.2, 0.25) is 0 Å². The van der Waals surface area contributed by atoms with E-state index in [1.807, 2.05) is 20.8 Å². The van der Waals surface area contributed by atoms with Gasteiger partial charge in [0.05, 0.1) is 6.10 Å². The number of rotatable bonds is 6. The highest BCUT2D eigenvalue weighted by atomic mass is 16.7. The van der Waals surface area contributed by atoms with Crippen LogP contribution in [-0.4, -0.2) is 34.6 Å². The summed E-state index contributed by atoms with van der Waals surface area (Å²) >= 11 is 0. The van der Waals surface area contributed by atoms with E-state index in [2.05, 4.69) is 30.3 Å². The average Bonchev–Trinajstić information content (AvgIpc) is 2.28. The minimum absolute atomic E-state index is 0.00217. The van der Waals surface area contributed by atoms with Gasteiger partial charge >= 0.3 is 0 Å². The topological polar surface area (TPSA) is 112 Å². The molecule has 0 bridgehead atoms. The summed E-state index contributed by atoms with van der Waals surface area (Å²) < 4.78 is 0. The van der Waals surface area contributed by atoms with Gasteiger partial charge in [0.25, 0.3) is 5.95 Å². The summed E-state index contributed by atoms with van der Waals surface area (Å²) in [6, 6.07) is 0. The molecule has 0 aliphatic rings. The van der Waals surface area contributed by atoms with Crippen LogP contribution in [0.25, 0.3) is 10.4 Å². The Hall–Kier alpha value is -2.12. The summed E-state index contributed by atoms with van der Waals surface area (Å²) in [4.78, 5) is 20.1. The fourth-order valence-corrected chi connectivity index (χ4v) is 1.18. The van der Waals surface area contributed by atoms with Crippen LogP contribution < -0.4 is 10.4 Å². The van der Waals surface area contributed by atoms with Crippen molar-refractivity contribution in [1.82, 2.24) is 15.0 Å². The molecule has 0 amide bonds. The molecule has 0 radical (unpaired) electrons. The fourth-order valence-electron chi connectivity index (χ4n) is 1.18. The molecular weight excluding hydrogens is 236 g/mol. The van der Waals surface area contributed by atoms with E-state index in [1.165, 1.54) is 5.06 Å². The number of anilines is 2. The molecule has 0 spiro atoms. The molecule has 0 aromatic carbocycles. The Balaban J connectivity index is 3.05. The van der Waals surface area contributed by atoms with Gasteiger partial charge in [0, 0.05) is 18.5 Å². The van der Waals surface area contributed by atoms with Crippen molar-refractivity contribution < 1.29 is 4.84 Å². The zero-order valence-corrected chi connectivity index (χ0v) is 10.8. The van der Waals surface area contributed by atoms with E-state index >= 15 is 0 Å². The molecule has 18 heavy (non-hydrogen) atoms. The van der Waals surface area contributed by atoms with E-state index < -0.39 is 0 Å². The number of hydrogen-bond acceptors (Lipinski definition) is 7. The highest BCUT2D eigenvalue weighted by molar-refractivity contribution is 5.39. The number of hydrogen-bond donors (Lipinski definition) is 1. The van der Waals surface area contributed by atoms with Crippen LogP contribution in [0.4, 0.5) is 17.8 Å². The number of azide groups is 1. The van der Waals surface area contributed by atoms with Crippen LogP contribution in [0.15, 0.2) is 5.11 Å². The Bertz CT molecular complexity index is 442. The fraction of sp³-hybridized carbons (Fsp3) is 0.667. The van der Waals surface area contributed by atoms with E-state index in [-0.39, 0.29) is 18.0 Å². The summed E-state index contributed by atoms with van der Waals surface area (Å²) in [5.41, 5.74) is 8.41. The summed E-state index contributed by atoms with van der Waals surface area (Å²) in [6.07, 6.45) is -0.0164. The monoisotopic (exact) mass is 252 g/mol. The highest BCUT2D eigenvalue weighted by Crippen LogP contribution is 2.15. The molecule has 0 unspecified atom stereocenters. The maximum atomic E-state index is 8.41. The molecule has 1 aromatic heterocycles. The summed E-state index contributed by atoms with van der Waals surface area (Å²) in [6.45, 7) is 6.33. The van der Waals surface area contributed by atoms with Gasteiger partial charge in [0.2, 0.25) is 11.9 Å². The Morgan fingerprint density at radius 3 is 2.72 bits per heavy atom. The Labute approximate surface area is 105 Å². The molecule has 1 aromatic rings. The van der Waals surface area contributed by atoms with Crippen LogP contribution in [-0.2, 0) is 4.84 Å². The maximum absolute atomic E-state index is 8.41. The summed E-state index contributed by atoms with van der Waals surface area (Å²) in [5.74, 6) is 0.610. The zero-order chi connectivity index (χ0) is 13.5. The van der Waals surface area contributed by atoms with E-state index in [0.29, 0.717) is 12.5 Å². The van der Waals surface area contributed by atoms with E-state index in [4.69, 9.17) is 10.4 Å². The smallest absolute Gasteiger partial charge is 0.254 e. The largest absolute Gasteiger partial charge is 0.354 e. The van der Waals surface area contributed by atoms with Crippen LogP contribution in [0.1, 0.15) is 20.8 Å². The molecule has 1 heterocycles. The Morgan fingerprint density at radius 1 is 1.44 bits per heavy atom. The van der Waals surface area contributed by atoms with Gasteiger partial charge in [0.1, 0.15) is 0 Å². The number of hydroxylamine groups is 1. The van der Waals surface area contributed by atoms with Gasteiger partial charge in [-0.15, -0.1) is 0 Å². The van der Waals surface area contributed by atoms with E-state index in [9.17, 15) is 0 Å². The predicted molar refractivity (Wildman–Crippen MR) is 67.4 cm³/mol. The maximum Gasteiger partial charge on any atom is 0.254 e. The Morgan fingerprint density at radius 2 is 2.17 bits per heavy atom. The predicted octanol–water partition coefficient (Wildman–Crippen LogP) is 2.02. The van der Waals surface area contributed by atoms with Crippen molar-refractivity contribution in [1.29, 1.82) is 0 Å². The lowest BCUT2D eigenvalue weighted by atomic mass is 10.5. The third-order valence-electron chi connectivity index (χ3n) is 1.73. The van der Waals surface area contributed by atoms with Crippen molar-refractivity contribution in [3.05, 3.63) is 10.4 Å². The van der Waals surface area contributed by atoms with Crippen molar-refractivity contribution >= 4 is 17.8 Å². The Kier molecular flexibility index (Phi) is 5.09. The molecule has 1 N–H and O–H groups in total. The average molecular weight is 252 g/mol. The standard InChI is InChI=1S/C9H16N8O/c1-5-11-7-12-8(15-16-10)14-9(13-7)17(4)18-6(2)3/h6H,5H2,1-4H3,(H,11,12,13,14). The first-order valence-corrected chi connectivity index (χ1v) is 5.52. The number of nitrogens with one attached hydrogen (secondary N) is 1. The van der Waals surface area contributed by atoms with Crippen LogP contribution in [0.5, 0.6) is 0 Å². The molecule has 9 nitrogen and oxygen atoms in total. The molecular formula is C9H16N8O. The van der Waals surface area contributed by atoms with E-state index in [0.717, 1.165) is 0 Å². The zero-order valence-electron chi connectivity index (χ0n) is 10.8. The van der Waals surface area contributed by atoms with Crippen molar-refractivity contribution in [3.63, 3.8) is 0 Å². The molecule has 0 fully saturated rings. The minimum Gasteiger partial charge on any atom is -0.354 e. The first-order chi connectivity index (χ1) is 8.56. The molecule has 0 aliphatic carbocycles. The molecule has 0 saturated carbocycles. The highest BCUT2D eigenvalue weighted by Gasteiger charge is 2.11. The molecule has 98 valence electrons. The van der Waals surface area contributed by atoms with Gasteiger partial charge in [-0.3, -0.25) is 4.84 Å². The first kappa shape index (κ1) is 13.9. The summed E-state index contributed by atoms with van der Waals surface area (Å²) in [5, 5.41) is 7.70. The van der Waals surface area contributed by atoms with E-state index in [1.54, 1.807) is 7.05 Å². The second kappa shape index (κ2) is 6.58. The van der Waals surface area contributed by atoms with Gasteiger partial charge in [-0.05, 0) is 31.4 Å². The quantitative estimate of drug-likeness (QED) is 0.358. The van der Waals surface area contributed by atoms with Crippen molar-refractivity contribution in [2.24, 2.45) is 5.11 Å². The second-order valence-corrected chi connectivity index (χ2v) is 3.63. The lowest BCUT2D eigenvalue weighted by Gasteiger charge is -2.19. The third-order valence-corrected chi connectivity index (χ3v) is 1.73. The van der Waals surface area contributed by atoms with Crippen molar-refractivity contribution in [2.75, 3.05) is 24.0 Å². The number of aromatic nitrogens is 3. The second-order valence-electron chi connectivity index (χ2n) is 3.63. The molecule has 0 saturated heterocycles. The van der Waals surface area contributed by atoms with Crippen LogP contribution in [0, 0.1) is 0 Å². The van der Waals surface area contributed by atoms with Crippen LogP contribution >= 0.6 is 0 Å². The van der Waals surface area contributed by atoms with Crippen LogP contribution in [0.3, 0.4) is 0 Å². The lowest BCUT2D eigenvalue weighted by molar-refractivity contribution is 0.0643. The number of nitrogens with zero attached hydrogens (tertiary/aromatic N) is 7. The van der Waals surface area contributed by atoms with Gasteiger partial charge in [0.15, 0.2) is 0 Å².